The van der Waals surface area contributed by atoms with E-state index in [0.29, 0.717) is 5.56 Å². The Kier molecular flexibility index (Phi) is 6.59. The lowest BCUT2D eigenvalue weighted by atomic mass is 10.1. The van der Waals surface area contributed by atoms with Crippen molar-refractivity contribution >= 4 is 28.2 Å². The summed E-state index contributed by atoms with van der Waals surface area (Å²) >= 11 is 0. The van der Waals surface area contributed by atoms with Crippen LogP contribution < -0.4 is 11.1 Å². The number of carbonyl (C=O) groups is 1. The van der Waals surface area contributed by atoms with Crippen LogP contribution in [0.3, 0.4) is 0 Å². The van der Waals surface area contributed by atoms with Crippen molar-refractivity contribution in [1.82, 2.24) is 5.32 Å². The molecule has 6 nitrogen and oxygen atoms in total. The topological polar surface area (TPSA) is 102 Å². The molecule has 0 aliphatic rings. The first-order chi connectivity index (χ1) is 10.7. The molecule has 0 aliphatic carbocycles. The lowest BCUT2D eigenvalue weighted by Gasteiger charge is -2.18. The highest BCUT2D eigenvalue weighted by molar-refractivity contribution is 7.90. The van der Waals surface area contributed by atoms with Crippen LogP contribution in [0.1, 0.15) is 30.0 Å². The van der Waals surface area contributed by atoms with Crippen LogP contribution in [0.2, 0.25) is 0 Å². The Bertz CT molecular complexity index is 780. The molecule has 0 saturated carbocycles. The van der Waals surface area contributed by atoms with Gasteiger partial charge in [-0.1, -0.05) is 18.2 Å². The second-order valence-corrected chi connectivity index (χ2v) is 8.01. The van der Waals surface area contributed by atoms with Crippen molar-refractivity contribution in [3.05, 3.63) is 54.0 Å². The molecule has 132 valence electrons. The van der Waals surface area contributed by atoms with E-state index in [1.807, 2.05) is 0 Å². The molecule has 1 heterocycles. The number of amides is 1. The van der Waals surface area contributed by atoms with Crippen molar-refractivity contribution in [3.63, 3.8) is 0 Å². The first-order valence-corrected chi connectivity index (χ1v) is 8.75. The highest BCUT2D eigenvalue weighted by Crippen LogP contribution is 2.19. The van der Waals surface area contributed by atoms with Gasteiger partial charge in [-0.15, -0.1) is 12.4 Å². The van der Waals surface area contributed by atoms with Gasteiger partial charge in [0, 0.05) is 17.6 Å². The number of nitrogens with two attached hydrogens (primary N) is 1. The minimum absolute atomic E-state index is 0. The maximum Gasteiger partial charge on any atom is 0.287 e. The summed E-state index contributed by atoms with van der Waals surface area (Å²) in [6.07, 6.45) is 1.30. The zero-order valence-electron chi connectivity index (χ0n) is 13.5. The minimum Gasteiger partial charge on any atom is -0.459 e. The third-order valence-corrected chi connectivity index (χ3v) is 4.79. The molecule has 1 aromatic carbocycles. The van der Waals surface area contributed by atoms with Crippen LogP contribution in [-0.2, 0) is 15.6 Å². The highest BCUT2D eigenvalue weighted by Gasteiger charge is 2.23. The quantitative estimate of drug-likeness (QED) is 0.808. The SMILES string of the molecule is CC(C)(N)CNC(=O)c1occc1CS(=O)(=O)c1ccccc1.Cl. The first-order valence-electron chi connectivity index (χ1n) is 7.10. The first kappa shape index (κ1) is 20.2. The summed E-state index contributed by atoms with van der Waals surface area (Å²) in [5, 5.41) is 2.64. The van der Waals surface area contributed by atoms with Gasteiger partial charge in [-0.2, -0.15) is 0 Å². The molecule has 1 aromatic heterocycles. The molecule has 0 unspecified atom stereocenters. The molecule has 24 heavy (non-hydrogen) atoms. The lowest BCUT2D eigenvalue weighted by molar-refractivity contribution is 0.0917. The summed E-state index contributed by atoms with van der Waals surface area (Å²) < 4.78 is 30.0. The van der Waals surface area contributed by atoms with Crippen molar-refractivity contribution in [2.45, 2.75) is 30.0 Å². The van der Waals surface area contributed by atoms with Gasteiger partial charge in [0.25, 0.3) is 5.91 Å². The van der Waals surface area contributed by atoms with Gasteiger partial charge in [0.2, 0.25) is 0 Å². The van der Waals surface area contributed by atoms with E-state index in [0.717, 1.165) is 0 Å². The summed E-state index contributed by atoms with van der Waals surface area (Å²) in [6.45, 7) is 3.80. The van der Waals surface area contributed by atoms with E-state index in [1.165, 1.54) is 24.5 Å². The zero-order chi connectivity index (χ0) is 17.1. The van der Waals surface area contributed by atoms with Gasteiger partial charge in [-0.3, -0.25) is 4.79 Å². The molecule has 0 spiro atoms. The number of benzene rings is 1. The summed E-state index contributed by atoms with van der Waals surface area (Å²) in [7, 11) is -3.55. The van der Waals surface area contributed by atoms with Gasteiger partial charge < -0.3 is 15.5 Å². The average molecular weight is 373 g/mol. The Morgan fingerprint density at radius 3 is 2.42 bits per heavy atom. The van der Waals surface area contributed by atoms with Gasteiger partial charge in [-0.25, -0.2) is 8.42 Å². The summed E-state index contributed by atoms with van der Waals surface area (Å²) in [5.74, 6) is -0.789. The molecule has 0 bridgehead atoms. The van der Waals surface area contributed by atoms with Gasteiger partial charge in [0.1, 0.15) is 0 Å². The number of rotatable bonds is 6. The number of hydrogen-bond donors (Lipinski definition) is 2. The smallest absolute Gasteiger partial charge is 0.287 e. The molecule has 0 fully saturated rings. The van der Waals surface area contributed by atoms with Crippen molar-refractivity contribution in [2.75, 3.05) is 6.54 Å². The third-order valence-electron chi connectivity index (χ3n) is 3.11. The molecule has 0 saturated heterocycles. The van der Waals surface area contributed by atoms with Gasteiger partial charge >= 0.3 is 0 Å². The Hall–Kier alpha value is -1.83. The molecular formula is C16H21ClN2O4S. The summed E-state index contributed by atoms with van der Waals surface area (Å²) in [6, 6.07) is 9.57. The Balaban J connectivity index is 0.00000288. The molecule has 0 aliphatic heterocycles. The standard InChI is InChI=1S/C16H20N2O4S.ClH/c1-16(2,17)11-18-15(19)14-12(8-9-22-14)10-23(20,21)13-6-4-3-5-7-13;/h3-9H,10-11,17H2,1-2H3,(H,18,19);1H. The molecule has 2 aromatic rings. The van der Waals surface area contributed by atoms with Gasteiger partial charge in [-0.05, 0) is 32.0 Å². The minimum atomic E-state index is -3.55. The van der Waals surface area contributed by atoms with Crippen molar-refractivity contribution in [2.24, 2.45) is 5.73 Å². The summed E-state index contributed by atoms with van der Waals surface area (Å²) in [5.41, 5.74) is 5.56. The Morgan fingerprint density at radius 2 is 1.83 bits per heavy atom. The number of nitrogens with one attached hydrogen (secondary N) is 1. The predicted molar refractivity (Wildman–Crippen MR) is 93.9 cm³/mol. The summed E-state index contributed by atoms with van der Waals surface area (Å²) in [4.78, 5) is 12.3. The van der Waals surface area contributed by atoms with Crippen LogP contribution in [-0.4, -0.2) is 26.4 Å². The maximum atomic E-state index is 12.4. The van der Waals surface area contributed by atoms with E-state index < -0.39 is 21.3 Å². The normalized spacial score (nSPS) is 11.6. The van der Waals surface area contributed by atoms with Gasteiger partial charge in [0.15, 0.2) is 15.6 Å². The second kappa shape index (κ2) is 7.83. The average Bonchev–Trinajstić information content (AvgIpc) is 2.92. The van der Waals surface area contributed by atoms with E-state index in [9.17, 15) is 13.2 Å². The fraction of sp³-hybridized carbons (Fsp3) is 0.312. The lowest BCUT2D eigenvalue weighted by Crippen LogP contribution is -2.45. The van der Waals surface area contributed by atoms with Gasteiger partial charge in [0.05, 0.1) is 16.9 Å². The van der Waals surface area contributed by atoms with Crippen LogP contribution in [0, 0.1) is 0 Å². The fourth-order valence-corrected chi connectivity index (χ4v) is 3.33. The third kappa shape index (κ3) is 5.36. The van der Waals surface area contributed by atoms with Crippen LogP contribution in [0.5, 0.6) is 0 Å². The van der Waals surface area contributed by atoms with E-state index in [-0.39, 0.29) is 35.4 Å². The molecule has 0 radical (unpaired) electrons. The van der Waals surface area contributed by atoms with Crippen molar-refractivity contribution in [3.8, 4) is 0 Å². The molecule has 2 rings (SSSR count). The number of hydrogen-bond acceptors (Lipinski definition) is 5. The highest BCUT2D eigenvalue weighted by atomic mass is 35.5. The molecule has 0 atom stereocenters. The number of carbonyl (C=O) groups excluding carboxylic acids is 1. The van der Waals surface area contributed by atoms with E-state index in [2.05, 4.69) is 5.32 Å². The Morgan fingerprint density at radius 1 is 1.21 bits per heavy atom. The van der Waals surface area contributed by atoms with E-state index in [4.69, 9.17) is 10.2 Å². The van der Waals surface area contributed by atoms with E-state index in [1.54, 1.807) is 32.0 Å². The molecule has 8 heteroatoms. The molecule has 1 amide bonds. The predicted octanol–water partition coefficient (Wildman–Crippen LogP) is 2.14. The Labute approximate surface area is 147 Å². The number of furan rings is 1. The largest absolute Gasteiger partial charge is 0.459 e. The second-order valence-electron chi connectivity index (χ2n) is 6.02. The number of halogens is 1. The van der Waals surface area contributed by atoms with Crippen molar-refractivity contribution < 1.29 is 17.6 Å². The maximum absolute atomic E-state index is 12.4. The molecular weight excluding hydrogens is 352 g/mol. The van der Waals surface area contributed by atoms with Crippen LogP contribution in [0.25, 0.3) is 0 Å². The molecule has 3 N–H and O–H groups in total. The number of sulfone groups is 1. The van der Waals surface area contributed by atoms with Crippen molar-refractivity contribution in [1.29, 1.82) is 0 Å². The zero-order valence-corrected chi connectivity index (χ0v) is 15.1. The van der Waals surface area contributed by atoms with E-state index >= 15 is 0 Å². The van der Waals surface area contributed by atoms with Crippen LogP contribution >= 0.6 is 12.4 Å². The monoisotopic (exact) mass is 372 g/mol. The van der Waals surface area contributed by atoms with Crippen LogP contribution in [0.15, 0.2) is 52.0 Å². The fourth-order valence-electron chi connectivity index (χ4n) is 1.95. The van der Waals surface area contributed by atoms with Crippen LogP contribution in [0.4, 0.5) is 0 Å².